The second-order valence-corrected chi connectivity index (χ2v) is 9.30. The van der Waals surface area contributed by atoms with Gasteiger partial charge in [-0.15, -0.1) is 0 Å². The van der Waals surface area contributed by atoms with Gasteiger partial charge in [0.05, 0.1) is 10.6 Å². The number of thioether (sulfide) groups is 1. The summed E-state index contributed by atoms with van der Waals surface area (Å²) in [6, 6.07) is 32.2. The van der Waals surface area contributed by atoms with Crippen molar-refractivity contribution in [3.8, 4) is 5.75 Å². The number of benzene rings is 4. The highest BCUT2D eigenvalue weighted by Crippen LogP contribution is 2.34. The fourth-order valence-electron chi connectivity index (χ4n) is 4.02. The first kappa shape index (κ1) is 22.9. The average molecular weight is 479 g/mol. The number of aliphatic imine (C=N–C) groups is 1. The summed E-state index contributed by atoms with van der Waals surface area (Å²) in [5.74, 6) is 0.798. The Hall–Kier alpha value is -3.83. The van der Waals surface area contributed by atoms with Crippen molar-refractivity contribution in [2.24, 2.45) is 4.99 Å². The summed E-state index contributed by atoms with van der Waals surface area (Å²) < 4.78 is 6.06. The monoisotopic (exact) mass is 478 g/mol. The maximum Gasteiger partial charge on any atom is 0.266 e. The van der Waals surface area contributed by atoms with Gasteiger partial charge in [-0.1, -0.05) is 79.7 Å². The molecule has 0 N–H and O–H groups in total. The number of amidine groups is 1. The minimum Gasteiger partial charge on any atom is -0.489 e. The van der Waals surface area contributed by atoms with E-state index in [1.807, 2.05) is 72.8 Å². The lowest BCUT2D eigenvalue weighted by atomic mass is 10.1. The van der Waals surface area contributed by atoms with E-state index in [1.54, 1.807) is 4.90 Å². The molecule has 0 saturated carbocycles. The van der Waals surface area contributed by atoms with Crippen LogP contribution in [0.4, 0.5) is 5.69 Å². The Morgan fingerprint density at radius 3 is 2.43 bits per heavy atom. The van der Waals surface area contributed by atoms with Gasteiger partial charge in [-0.3, -0.25) is 9.69 Å². The second kappa shape index (κ2) is 10.6. The molecule has 1 aliphatic heterocycles. The van der Waals surface area contributed by atoms with E-state index in [-0.39, 0.29) is 5.91 Å². The highest BCUT2D eigenvalue weighted by molar-refractivity contribution is 8.18. The topological polar surface area (TPSA) is 41.9 Å². The molecule has 5 rings (SSSR count). The summed E-state index contributed by atoms with van der Waals surface area (Å²) in [6.07, 6.45) is 2.80. The minimum atomic E-state index is 0.00260. The van der Waals surface area contributed by atoms with Gasteiger partial charge in [0.25, 0.3) is 5.91 Å². The fraction of sp³-hybridized carbons (Fsp3) is 0.133. The first-order valence-corrected chi connectivity index (χ1v) is 12.6. The molecule has 35 heavy (non-hydrogen) atoms. The molecule has 0 aliphatic carbocycles. The van der Waals surface area contributed by atoms with Crippen molar-refractivity contribution in [1.29, 1.82) is 0 Å². The van der Waals surface area contributed by atoms with Crippen molar-refractivity contribution in [2.45, 2.75) is 20.0 Å². The number of carbonyl (C=O) groups is 1. The molecule has 4 aromatic rings. The molecular weight excluding hydrogens is 452 g/mol. The maximum atomic E-state index is 13.1. The summed E-state index contributed by atoms with van der Waals surface area (Å²) in [5, 5.41) is 3.14. The van der Waals surface area contributed by atoms with Crippen LogP contribution in [0.2, 0.25) is 0 Å². The lowest BCUT2D eigenvalue weighted by Crippen LogP contribution is -2.29. The number of carbonyl (C=O) groups excluding carboxylic acids is 1. The number of fused-ring (bicyclic) bond motifs is 1. The molecule has 0 aromatic heterocycles. The van der Waals surface area contributed by atoms with Crippen molar-refractivity contribution in [1.82, 2.24) is 4.90 Å². The van der Waals surface area contributed by atoms with Gasteiger partial charge >= 0.3 is 0 Å². The van der Waals surface area contributed by atoms with Gasteiger partial charge < -0.3 is 4.74 Å². The van der Waals surface area contributed by atoms with Crippen LogP contribution in [0.25, 0.3) is 16.8 Å². The Morgan fingerprint density at radius 2 is 1.63 bits per heavy atom. The number of nitrogens with zero attached hydrogens (tertiary/aromatic N) is 2. The Morgan fingerprint density at radius 1 is 0.886 bits per heavy atom. The maximum absolute atomic E-state index is 13.1. The third-order valence-corrected chi connectivity index (χ3v) is 6.78. The zero-order chi connectivity index (χ0) is 24.0. The van der Waals surface area contributed by atoms with E-state index < -0.39 is 0 Å². The number of rotatable bonds is 7. The van der Waals surface area contributed by atoms with Crippen LogP contribution in [-0.2, 0) is 11.4 Å². The van der Waals surface area contributed by atoms with Crippen molar-refractivity contribution in [2.75, 3.05) is 6.54 Å². The minimum absolute atomic E-state index is 0.00260. The average Bonchev–Trinajstić information content (AvgIpc) is 3.18. The van der Waals surface area contributed by atoms with Gasteiger partial charge in [-0.2, -0.15) is 0 Å². The van der Waals surface area contributed by atoms with Gasteiger partial charge in [0, 0.05) is 6.54 Å². The Labute approximate surface area is 210 Å². The predicted molar refractivity (Wildman–Crippen MR) is 146 cm³/mol. The van der Waals surface area contributed by atoms with Gasteiger partial charge in [0.2, 0.25) is 0 Å². The van der Waals surface area contributed by atoms with Crippen LogP contribution in [0.1, 0.15) is 24.5 Å². The van der Waals surface area contributed by atoms with Crippen molar-refractivity contribution < 1.29 is 9.53 Å². The highest BCUT2D eigenvalue weighted by atomic mass is 32.2. The molecular formula is C30H26N2O2S. The largest absolute Gasteiger partial charge is 0.489 e. The molecule has 1 saturated heterocycles. The molecule has 0 unspecified atom stereocenters. The summed E-state index contributed by atoms with van der Waals surface area (Å²) in [5.41, 5.74) is 2.96. The molecule has 0 bridgehead atoms. The standard InChI is InChI=1S/C30H26N2O2S/c1-2-19-32-29(33)28(35-30(32)31-25-12-4-3-5-13-25)20-22-15-17-26(18-16-22)34-21-24-11-8-10-23-9-6-7-14-27(23)24/h3-18,20H,2,19,21H2,1H3/b28-20+,31-30?. The van der Waals surface area contributed by atoms with Gasteiger partial charge in [0.1, 0.15) is 12.4 Å². The molecule has 5 heteroatoms. The second-order valence-electron chi connectivity index (χ2n) is 8.29. The van der Waals surface area contributed by atoms with Crippen molar-refractivity contribution in [3.63, 3.8) is 0 Å². The Kier molecular flexibility index (Phi) is 6.96. The van der Waals surface area contributed by atoms with E-state index in [9.17, 15) is 4.79 Å². The zero-order valence-electron chi connectivity index (χ0n) is 19.6. The number of para-hydroxylation sites is 1. The molecule has 0 radical (unpaired) electrons. The molecule has 0 spiro atoms. The van der Waals surface area contributed by atoms with E-state index in [4.69, 9.17) is 9.73 Å². The fourth-order valence-corrected chi connectivity index (χ4v) is 5.04. The lowest BCUT2D eigenvalue weighted by Gasteiger charge is -2.13. The summed E-state index contributed by atoms with van der Waals surface area (Å²) in [6.45, 7) is 3.22. The van der Waals surface area contributed by atoms with Crippen molar-refractivity contribution >= 4 is 45.4 Å². The van der Waals surface area contributed by atoms with E-state index in [0.717, 1.165) is 34.2 Å². The first-order chi connectivity index (χ1) is 17.2. The van der Waals surface area contributed by atoms with Crippen LogP contribution in [0, 0.1) is 0 Å². The molecule has 1 fully saturated rings. The van der Waals surface area contributed by atoms with Gasteiger partial charge in [0.15, 0.2) is 5.17 Å². The highest BCUT2D eigenvalue weighted by Gasteiger charge is 2.32. The third-order valence-electron chi connectivity index (χ3n) is 5.77. The van der Waals surface area contributed by atoms with Crippen LogP contribution in [0.5, 0.6) is 5.75 Å². The van der Waals surface area contributed by atoms with Gasteiger partial charge in [-0.05, 0) is 70.4 Å². The van der Waals surface area contributed by atoms with Crippen LogP contribution >= 0.6 is 11.8 Å². The number of hydrogen-bond donors (Lipinski definition) is 0. The van der Waals surface area contributed by atoms with E-state index in [1.165, 1.54) is 22.5 Å². The van der Waals surface area contributed by atoms with Crippen molar-refractivity contribution in [3.05, 3.63) is 113 Å². The van der Waals surface area contributed by atoms with E-state index in [2.05, 4.69) is 37.3 Å². The molecule has 174 valence electrons. The lowest BCUT2D eigenvalue weighted by molar-refractivity contribution is -0.122. The van der Waals surface area contributed by atoms with E-state index in [0.29, 0.717) is 18.1 Å². The number of amides is 1. The SMILES string of the molecule is CCCN1C(=O)/C(=C\c2ccc(OCc3cccc4ccccc34)cc2)SC1=Nc1ccccc1. The van der Waals surface area contributed by atoms with E-state index >= 15 is 0 Å². The molecule has 0 atom stereocenters. The van der Waals surface area contributed by atoms with Crippen LogP contribution in [-0.4, -0.2) is 22.5 Å². The first-order valence-electron chi connectivity index (χ1n) is 11.8. The summed E-state index contributed by atoms with van der Waals surface area (Å²) >= 11 is 1.43. The molecule has 1 amide bonds. The molecule has 4 nitrogen and oxygen atoms in total. The van der Waals surface area contributed by atoms with Gasteiger partial charge in [-0.25, -0.2) is 4.99 Å². The Balaban J connectivity index is 1.30. The third kappa shape index (κ3) is 5.31. The van der Waals surface area contributed by atoms with Crippen LogP contribution < -0.4 is 4.74 Å². The molecule has 1 heterocycles. The van der Waals surface area contributed by atoms with Crippen LogP contribution in [0.3, 0.4) is 0 Å². The quantitative estimate of drug-likeness (QED) is 0.259. The smallest absolute Gasteiger partial charge is 0.266 e. The number of ether oxygens (including phenoxy) is 1. The number of hydrogen-bond acceptors (Lipinski definition) is 4. The molecule has 4 aromatic carbocycles. The van der Waals surface area contributed by atoms with Crippen LogP contribution in [0.15, 0.2) is 107 Å². The zero-order valence-corrected chi connectivity index (χ0v) is 20.4. The summed E-state index contributed by atoms with van der Waals surface area (Å²) in [7, 11) is 0. The normalized spacial score (nSPS) is 15.9. The molecule has 1 aliphatic rings. The Bertz CT molecular complexity index is 1390. The predicted octanol–water partition coefficient (Wildman–Crippen LogP) is 7.43. The summed E-state index contributed by atoms with van der Waals surface area (Å²) in [4.78, 5) is 20.2.